The molecule has 0 spiro atoms. The SMILES string of the molecule is CCc1cccc(NC(=O)CNC(=NC)NC(C)CC)c1. The van der Waals surface area contributed by atoms with Gasteiger partial charge in [0.15, 0.2) is 5.96 Å². The van der Waals surface area contributed by atoms with Gasteiger partial charge in [-0.05, 0) is 37.5 Å². The van der Waals surface area contributed by atoms with E-state index in [-0.39, 0.29) is 12.5 Å². The maximum Gasteiger partial charge on any atom is 0.243 e. The van der Waals surface area contributed by atoms with E-state index >= 15 is 0 Å². The van der Waals surface area contributed by atoms with E-state index in [1.165, 1.54) is 5.56 Å². The molecule has 1 aromatic carbocycles. The zero-order valence-electron chi connectivity index (χ0n) is 13.4. The number of benzene rings is 1. The fourth-order valence-electron chi connectivity index (χ4n) is 1.77. The predicted molar refractivity (Wildman–Crippen MR) is 88.7 cm³/mol. The van der Waals surface area contributed by atoms with Crippen molar-refractivity contribution in [2.24, 2.45) is 4.99 Å². The molecule has 116 valence electrons. The van der Waals surface area contributed by atoms with Gasteiger partial charge < -0.3 is 16.0 Å². The van der Waals surface area contributed by atoms with E-state index in [4.69, 9.17) is 0 Å². The molecule has 1 rings (SSSR count). The van der Waals surface area contributed by atoms with Crippen LogP contribution in [-0.4, -0.2) is 31.5 Å². The second-order valence-corrected chi connectivity index (χ2v) is 4.98. The molecule has 3 N–H and O–H groups in total. The second kappa shape index (κ2) is 9.00. The molecule has 1 aromatic rings. The van der Waals surface area contributed by atoms with Gasteiger partial charge in [0, 0.05) is 18.8 Å². The summed E-state index contributed by atoms with van der Waals surface area (Å²) in [4.78, 5) is 16.0. The number of anilines is 1. The van der Waals surface area contributed by atoms with Crippen molar-refractivity contribution in [3.05, 3.63) is 29.8 Å². The first kappa shape index (κ1) is 17.0. The van der Waals surface area contributed by atoms with Crippen LogP contribution in [0.3, 0.4) is 0 Å². The van der Waals surface area contributed by atoms with Crippen molar-refractivity contribution in [3.8, 4) is 0 Å². The van der Waals surface area contributed by atoms with Crippen molar-refractivity contribution < 1.29 is 4.79 Å². The van der Waals surface area contributed by atoms with Crippen LogP contribution in [0.15, 0.2) is 29.3 Å². The van der Waals surface area contributed by atoms with Crippen LogP contribution < -0.4 is 16.0 Å². The Labute approximate surface area is 127 Å². The third kappa shape index (κ3) is 6.29. The van der Waals surface area contributed by atoms with E-state index in [1.54, 1.807) is 7.05 Å². The molecular formula is C16H26N4O. The summed E-state index contributed by atoms with van der Waals surface area (Å²) in [6.07, 6.45) is 1.95. The first-order valence-electron chi connectivity index (χ1n) is 7.45. The summed E-state index contributed by atoms with van der Waals surface area (Å²) in [5.74, 6) is 0.553. The minimum absolute atomic E-state index is 0.0876. The highest BCUT2D eigenvalue weighted by atomic mass is 16.1. The van der Waals surface area contributed by atoms with Crippen LogP contribution in [0.4, 0.5) is 5.69 Å². The van der Waals surface area contributed by atoms with E-state index in [0.717, 1.165) is 18.5 Å². The number of nitrogens with one attached hydrogen (secondary N) is 3. The Morgan fingerprint density at radius 1 is 1.33 bits per heavy atom. The van der Waals surface area contributed by atoms with E-state index in [9.17, 15) is 4.79 Å². The van der Waals surface area contributed by atoms with Gasteiger partial charge in [-0.2, -0.15) is 0 Å². The minimum Gasteiger partial charge on any atom is -0.354 e. The fourth-order valence-corrected chi connectivity index (χ4v) is 1.77. The molecule has 0 heterocycles. The lowest BCUT2D eigenvalue weighted by atomic mass is 10.1. The highest BCUT2D eigenvalue weighted by Gasteiger charge is 2.06. The largest absolute Gasteiger partial charge is 0.354 e. The third-order valence-electron chi connectivity index (χ3n) is 3.25. The second-order valence-electron chi connectivity index (χ2n) is 4.98. The summed E-state index contributed by atoms with van der Waals surface area (Å²) in [5.41, 5.74) is 2.03. The topological polar surface area (TPSA) is 65.5 Å². The molecular weight excluding hydrogens is 264 g/mol. The van der Waals surface area contributed by atoms with Crippen molar-refractivity contribution in [2.75, 3.05) is 18.9 Å². The highest BCUT2D eigenvalue weighted by molar-refractivity contribution is 5.95. The van der Waals surface area contributed by atoms with Crippen LogP contribution in [0.25, 0.3) is 0 Å². The van der Waals surface area contributed by atoms with Gasteiger partial charge in [-0.1, -0.05) is 26.0 Å². The molecule has 1 unspecified atom stereocenters. The maximum absolute atomic E-state index is 11.9. The van der Waals surface area contributed by atoms with Crippen molar-refractivity contribution in [2.45, 2.75) is 39.7 Å². The molecule has 1 atom stereocenters. The Kier molecular flexibility index (Phi) is 7.29. The molecule has 0 aromatic heterocycles. The summed E-state index contributed by atoms with van der Waals surface area (Å²) in [6, 6.07) is 8.20. The van der Waals surface area contributed by atoms with Crippen LogP contribution in [0.5, 0.6) is 0 Å². The number of rotatable bonds is 6. The van der Waals surface area contributed by atoms with Gasteiger partial charge in [-0.3, -0.25) is 9.79 Å². The van der Waals surface area contributed by atoms with Crippen LogP contribution in [0, 0.1) is 0 Å². The van der Waals surface area contributed by atoms with Crippen molar-refractivity contribution in [3.63, 3.8) is 0 Å². The smallest absolute Gasteiger partial charge is 0.243 e. The zero-order valence-corrected chi connectivity index (χ0v) is 13.4. The fraction of sp³-hybridized carbons (Fsp3) is 0.500. The van der Waals surface area contributed by atoms with Crippen LogP contribution in [0.1, 0.15) is 32.8 Å². The first-order valence-corrected chi connectivity index (χ1v) is 7.45. The standard InChI is InChI=1S/C16H26N4O/c1-5-12(3)19-16(17-4)18-11-15(21)20-14-9-7-8-13(6-2)10-14/h7-10,12H,5-6,11H2,1-4H3,(H,20,21)(H2,17,18,19). The van der Waals surface area contributed by atoms with Gasteiger partial charge in [-0.15, -0.1) is 0 Å². The number of hydrogen-bond donors (Lipinski definition) is 3. The predicted octanol–water partition coefficient (Wildman–Crippen LogP) is 2.15. The number of carbonyl (C=O) groups excluding carboxylic acids is 1. The average Bonchev–Trinajstić information content (AvgIpc) is 2.51. The number of nitrogens with zero attached hydrogens (tertiary/aromatic N) is 1. The molecule has 0 aliphatic heterocycles. The van der Waals surface area contributed by atoms with Gasteiger partial charge in [0.25, 0.3) is 0 Å². The summed E-state index contributed by atoms with van der Waals surface area (Å²) in [7, 11) is 1.69. The lowest BCUT2D eigenvalue weighted by molar-refractivity contribution is -0.115. The normalized spacial score (nSPS) is 12.7. The summed E-state index contributed by atoms with van der Waals surface area (Å²) in [6.45, 7) is 6.45. The number of guanidine groups is 1. The minimum atomic E-state index is -0.0876. The number of hydrogen-bond acceptors (Lipinski definition) is 2. The monoisotopic (exact) mass is 290 g/mol. The number of amides is 1. The highest BCUT2D eigenvalue weighted by Crippen LogP contribution is 2.10. The molecule has 1 amide bonds. The molecule has 0 aliphatic rings. The molecule has 0 saturated carbocycles. The van der Waals surface area contributed by atoms with Crippen molar-refractivity contribution in [1.29, 1.82) is 0 Å². The number of aryl methyl sites for hydroxylation is 1. The molecule has 21 heavy (non-hydrogen) atoms. The summed E-state index contributed by atoms with van der Waals surface area (Å²) < 4.78 is 0. The van der Waals surface area contributed by atoms with Gasteiger partial charge >= 0.3 is 0 Å². The maximum atomic E-state index is 11.9. The third-order valence-corrected chi connectivity index (χ3v) is 3.25. The van der Waals surface area contributed by atoms with Crippen molar-refractivity contribution in [1.82, 2.24) is 10.6 Å². The van der Waals surface area contributed by atoms with Gasteiger partial charge in [0.05, 0.1) is 6.54 Å². The summed E-state index contributed by atoms with van der Waals surface area (Å²) in [5, 5.41) is 9.10. The Morgan fingerprint density at radius 2 is 2.10 bits per heavy atom. The average molecular weight is 290 g/mol. The van der Waals surface area contributed by atoms with Crippen LogP contribution in [0.2, 0.25) is 0 Å². The van der Waals surface area contributed by atoms with Crippen molar-refractivity contribution >= 4 is 17.6 Å². The van der Waals surface area contributed by atoms with E-state index in [1.807, 2.05) is 24.3 Å². The van der Waals surface area contributed by atoms with E-state index in [2.05, 4.69) is 41.7 Å². The van der Waals surface area contributed by atoms with Gasteiger partial charge in [0.1, 0.15) is 0 Å². The van der Waals surface area contributed by atoms with E-state index in [0.29, 0.717) is 12.0 Å². The lowest BCUT2D eigenvalue weighted by Crippen LogP contribution is -2.44. The Bertz CT molecular complexity index is 485. The summed E-state index contributed by atoms with van der Waals surface area (Å²) >= 11 is 0. The quantitative estimate of drug-likeness (QED) is 0.555. The Morgan fingerprint density at radius 3 is 2.71 bits per heavy atom. The van der Waals surface area contributed by atoms with E-state index < -0.39 is 0 Å². The molecule has 0 saturated heterocycles. The molecule has 0 radical (unpaired) electrons. The number of aliphatic imine (C=N–C) groups is 1. The molecule has 5 nitrogen and oxygen atoms in total. The van der Waals surface area contributed by atoms with Crippen LogP contribution in [-0.2, 0) is 11.2 Å². The molecule has 0 aliphatic carbocycles. The Hall–Kier alpha value is -2.04. The van der Waals surface area contributed by atoms with Gasteiger partial charge in [-0.25, -0.2) is 0 Å². The molecule has 0 fully saturated rings. The van der Waals surface area contributed by atoms with Crippen LogP contribution >= 0.6 is 0 Å². The number of carbonyl (C=O) groups is 1. The molecule has 5 heteroatoms. The van der Waals surface area contributed by atoms with Gasteiger partial charge in [0.2, 0.25) is 5.91 Å². The lowest BCUT2D eigenvalue weighted by Gasteiger charge is -2.16. The zero-order chi connectivity index (χ0) is 15.7. The first-order chi connectivity index (χ1) is 10.1. The Balaban J connectivity index is 2.46. The molecule has 0 bridgehead atoms.